The highest BCUT2D eigenvalue weighted by Crippen LogP contribution is 2.49. The Morgan fingerprint density at radius 3 is 2.60 bits per heavy atom. The summed E-state index contributed by atoms with van der Waals surface area (Å²) < 4.78 is 15.6. The summed E-state index contributed by atoms with van der Waals surface area (Å²) in [5.41, 5.74) is 0.304. The van der Waals surface area contributed by atoms with E-state index in [1.165, 1.54) is 30.3 Å². The first-order valence-corrected chi connectivity index (χ1v) is 19.7. The van der Waals surface area contributed by atoms with Crippen molar-refractivity contribution in [2.24, 2.45) is 11.8 Å². The van der Waals surface area contributed by atoms with Gasteiger partial charge in [0.1, 0.15) is 59.4 Å². The van der Waals surface area contributed by atoms with Crippen LogP contribution >= 0.6 is 0 Å². The van der Waals surface area contributed by atoms with Crippen LogP contribution in [0.3, 0.4) is 0 Å². The number of benzene rings is 2. The molecule has 3 aliphatic rings. The van der Waals surface area contributed by atoms with Crippen LogP contribution in [-0.4, -0.2) is 101 Å². The first-order valence-electron chi connectivity index (χ1n) is 19.7. The smallest absolute Gasteiger partial charge is 0.220 e. The van der Waals surface area contributed by atoms with E-state index in [-0.39, 0.29) is 41.8 Å². The summed E-state index contributed by atoms with van der Waals surface area (Å²) in [5, 5.41) is 67.7. The number of H-pyrrole nitrogens is 1. The van der Waals surface area contributed by atoms with Crippen LogP contribution in [0.5, 0.6) is 11.5 Å². The Balaban J connectivity index is 1.21. The van der Waals surface area contributed by atoms with E-state index in [0.29, 0.717) is 71.5 Å². The lowest BCUT2D eigenvalue weighted by molar-refractivity contribution is -0.373. The van der Waals surface area contributed by atoms with Gasteiger partial charge in [0.25, 0.3) is 0 Å². The summed E-state index contributed by atoms with van der Waals surface area (Å²) in [7, 11) is 0. The summed E-state index contributed by atoms with van der Waals surface area (Å²) in [5.74, 6) is 0.789. The van der Waals surface area contributed by atoms with Crippen molar-refractivity contribution >= 4 is 27.8 Å². The van der Waals surface area contributed by atoms with Gasteiger partial charge >= 0.3 is 0 Å². The highest BCUT2D eigenvalue weighted by molar-refractivity contribution is 5.92. The van der Waals surface area contributed by atoms with Crippen molar-refractivity contribution in [1.29, 1.82) is 0 Å². The number of carbonyl (C=O) groups excluding carboxylic acids is 1. The molecule has 58 heavy (non-hydrogen) atoms. The highest BCUT2D eigenvalue weighted by Gasteiger charge is 2.52. The van der Waals surface area contributed by atoms with Crippen LogP contribution in [0.15, 0.2) is 76.2 Å². The maximum absolute atomic E-state index is 13.6. The second kappa shape index (κ2) is 15.6. The Kier molecular flexibility index (Phi) is 10.7. The van der Waals surface area contributed by atoms with E-state index < -0.39 is 48.8 Å². The molecule has 8 unspecified atom stereocenters. The Labute approximate surface area is 333 Å². The number of phenolic OH excluding ortho intramolecular Hbond substituents is 1. The van der Waals surface area contributed by atoms with E-state index in [1.807, 2.05) is 29.1 Å². The number of aryl methyl sites for hydroxylation is 2. The van der Waals surface area contributed by atoms with Crippen molar-refractivity contribution in [3.05, 3.63) is 99.8 Å². The van der Waals surface area contributed by atoms with Crippen LogP contribution in [0.2, 0.25) is 0 Å². The molecule has 1 spiro atoms. The number of nitrogens with one attached hydrogen (secondary N) is 2. The molecule has 2 aliphatic heterocycles. The summed E-state index contributed by atoms with van der Waals surface area (Å²) in [4.78, 5) is 41.4. The summed E-state index contributed by atoms with van der Waals surface area (Å²) in [6.07, 6.45) is 3.00. The van der Waals surface area contributed by atoms with Gasteiger partial charge in [-0.3, -0.25) is 9.59 Å². The van der Waals surface area contributed by atoms with E-state index >= 15 is 0 Å². The average Bonchev–Trinajstić information content (AvgIpc) is 3.94. The van der Waals surface area contributed by atoms with E-state index in [2.05, 4.69) is 23.3 Å². The van der Waals surface area contributed by atoms with Gasteiger partial charge in [-0.05, 0) is 61.4 Å². The molecule has 8 N–H and O–H groups in total. The van der Waals surface area contributed by atoms with E-state index in [9.17, 15) is 40.2 Å². The molecule has 3 aromatic heterocycles. The minimum absolute atomic E-state index is 0.00815. The normalized spacial score (nSPS) is 24.4. The van der Waals surface area contributed by atoms with Crippen molar-refractivity contribution in [3.8, 4) is 17.2 Å². The lowest BCUT2D eigenvalue weighted by atomic mass is 9.71. The number of aromatic hydroxyl groups is 1. The number of aromatic amines is 1. The molecule has 15 heteroatoms. The number of allylic oxidation sites excluding steroid dienone is 1. The molecular formula is C43H49N3O12. The maximum Gasteiger partial charge on any atom is 0.220 e. The second-order valence-corrected chi connectivity index (χ2v) is 16.0. The van der Waals surface area contributed by atoms with Gasteiger partial charge in [-0.2, -0.15) is 0 Å². The van der Waals surface area contributed by atoms with Gasteiger partial charge in [0.2, 0.25) is 5.91 Å². The van der Waals surface area contributed by atoms with Gasteiger partial charge in [0.15, 0.2) is 16.8 Å². The van der Waals surface area contributed by atoms with Gasteiger partial charge in [0, 0.05) is 67.3 Å². The van der Waals surface area contributed by atoms with Crippen LogP contribution in [0.4, 0.5) is 0 Å². The molecule has 15 nitrogen and oxygen atoms in total. The zero-order chi connectivity index (χ0) is 40.9. The number of nitrogens with zero attached hydrogens (tertiary/aromatic N) is 1. The number of hydrogen-bond acceptors (Lipinski definition) is 12. The molecule has 0 radical (unpaired) electrons. The molecule has 0 saturated carbocycles. The number of aliphatic hydroxyl groups excluding tert-OH is 4. The fraction of sp³-hybridized carbons (Fsp3) is 0.442. The van der Waals surface area contributed by atoms with Crippen molar-refractivity contribution in [2.45, 2.75) is 88.0 Å². The number of aliphatic hydroxyl groups is 5. The summed E-state index contributed by atoms with van der Waals surface area (Å²) in [6.45, 7) is 2.70. The minimum Gasteiger partial charge on any atom is -0.508 e. The van der Waals surface area contributed by atoms with E-state index in [0.717, 1.165) is 16.6 Å². The molecule has 1 amide bonds. The maximum atomic E-state index is 13.6. The molecule has 1 fully saturated rings. The lowest BCUT2D eigenvalue weighted by Crippen LogP contribution is -2.58. The van der Waals surface area contributed by atoms with Crippen LogP contribution in [0.25, 0.3) is 27.6 Å². The van der Waals surface area contributed by atoms with E-state index in [1.54, 1.807) is 13.0 Å². The predicted octanol–water partition coefficient (Wildman–Crippen LogP) is 2.78. The van der Waals surface area contributed by atoms with Crippen molar-refractivity contribution < 1.29 is 54.4 Å². The number of carbonyl (C=O) groups is 1. The van der Waals surface area contributed by atoms with E-state index in [4.69, 9.17) is 18.9 Å². The highest BCUT2D eigenvalue weighted by atomic mass is 17.2. The van der Waals surface area contributed by atoms with Gasteiger partial charge < -0.3 is 54.7 Å². The van der Waals surface area contributed by atoms with Crippen molar-refractivity contribution in [1.82, 2.24) is 14.9 Å². The number of hydrogen-bond donors (Lipinski definition) is 8. The van der Waals surface area contributed by atoms with Gasteiger partial charge in [0.05, 0.1) is 17.5 Å². The number of aromatic nitrogens is 2. The average molecular weight is 800 g/mol. The predicted molar refractivity (Wildman–Crippen MR) is 211 cm³/mol. The Morgan fingerprint density at radius 1 is 1.09 bits per heavy atom. The molecule has 1 aliphatic carbocycles. The summed E-state index contributed by atoms with van der Waals surface area (Å²) >= 11 is 0. The van der Waals surface area contributed by atoms with Gasteiger partial charge in [-0.25, -0.2) is 9.78 Å². The SMILES string of the molecule is CCc1c2cc[nH]c2cn1-c1c2c(cc3c(=O)cc(C)oc13)CC(OOCC(O)(Cc1ccc(O)cc1)C(O)C(O)C(O)CO)C1(CC=CC(C3CNC(=O)C3)C1)O2. The monoisotopic (exact) mass is 799 g/mol. The van der Waals surface area contributed by atoms with Gasteiger partial charge in [-0.15, -0.1) is 0 Å². The second-order valence-electron chi connectivity index (χ2n) is 16.0. The molecule has 308 valence electrons. The first-order chi connectivity index (χ1) is 27.8. The van der Waals surface area contributed by atoms with Crippen molar-refractivity contribution in [3.63, 3.8) is 0 Å². The Morgan fingerprint density at radius 2 is 1.88 bits per heavy atom. The van der Waals surface area contributed by atoms with Crippen LogP contribution < -0.4 is 15.5 Å². The third kappa shape index (κ3) is 7.21. The Hall–Kier alpha value is -5.00. The third-order valence-corrected chi connectivity index (χ3v) is 12.1. The molecular weight excluding hydrogens is 750 g/mol. The fourth-order valence-electron chi connectivity index (χ4n) is 8.98. The number of phenols is 1. The molecule has 0 bridgehead atoms. The van der Waals surface area contributed by atoms with Gasteiger partial charge in [-0.1, -0.05) is 31.2 Å². The minimum atomic E-state index is -2.27. The molecule has 5 heterocycles. The van der Waals surface area contributed by atoms with Crippen LogP contribution in [0.1, 0.15) is 48.8 Å². The molecule has 1 saturated heterocycles. The molecule has 5 aromatic rings. The quantitative estimate of drug-likeness (QED) is 0.0489. The Bertz CT molecular complexity index is 2400. The van der Waals surface area contributed by atoms with Crippen LogP contribution in [-0.2, 0) is 33.8 Å². The number of fused-ring (bicyclic) bond motifs is 3. The zero-order valence-electron chi connectivity index (χ0n) is 32.3. The first kappa shape index (κ1) is 39.8. The van der Waals surface area contributed by atoms with Crippen LogP contribution in [0, 0.1) is 18.8 Å². The van der Waals surface area contributed by atoms with Crippen molar-refractivity contribution in [2.75, 3.05) is 19.8 Å². The standard InChI is InChI=1S/C43H49N3O12/c1-3-32-29-10-12-44-31(29)20-46(32)37-39-26(14-30-33(49)13-23(2)56-40(30)37)15-35(43(57-39)11-4-5-25(18-43)27-16-36(51)45-19-27)58-55-22-42(54,41(53)38(52)34(50)21-47)17-24-6-8-28(48)9-7-24/h4-10,12-14,20,25,27,34-35,38,41,44,47-48,50,52-54H,3,11,15-19,21-22H2,1-2H3,(H,45,51). The lowest BCUT2D eigenvalue weighted by Gasteiger charge is -2.47. The number of rotatable bonds is 13. The largest absolute Gasteiger partial charge is 0.508 e. The third-order valence-electron chi connectivity index (χ3n) is 12.1. The molecule has 8 rings (SSSR count). The number of ether oxygens (including phenoxy) is 1. The topological polar surface area (TPSA) is 229 Å². The summed E-state index contributed by atoms with van der Waals surface area (Å²) in [6, 6.07) is 11.0. The molecule has 2 aromatic carbocycles. The number of amides is 1. The zero-order valence-corrected chi connectivity index (χ0v) is 32.3. The molecule has 8 atom stereocenters. The fourth-order valence-corrected chi connectivity index (χ4v) is 8.98.